The minimum absolute atomic E-state index is 0.170. The Morgan fingerprint density at radius 2 is 1.91 bits per heavy atom. The van der Waals surface area contributed by atoms with Crippen molar-refractivity contribution in [1.82, 2.24) is 10.2 Å². The molecule has 3 aromatic rings. The fourth-order valence-corrected chi connectivity index (χ4v) is 5.35. The second-order valence-electron chi connectivity index (χ2n) is 7.66. The lowest BCUT2D eigenvalue weighted by atomic mass is 9.96. The van der Waals surface area contributed by atoms with Gasteiger partial charge in [0.25, 0.3) is 0 Å². The first-order chi connectivity index (χ1) is 15.3. The lowest BCUT2D eigenvalue weighted by Gasteiger charge is -2.42. The largest absolute Gasteiger partial charge is 0.495 e. The maximum Gasteiger partial charge on any atom is 0.250 e. The topological polar surface area (TPSA) is 96.4 Å². The summed E-state index contributed by atoms with van der Waals surface area (Å²) in [6.45, 7) is 5.30. The Morgan fingerprint density at radius 1 is 1.19 bits per heavy atom. The molecule has 1 unspecified atom stereocenters. The molecule has 1 aliphatic rings. The molecule has 0 fully saturated rings. The maximum atomic E-state index is 13.5. The van der Waals surface area contributed by atoms with Crippen molar-refractivity contribution in [3.63, 3.8) is 0 Å². The standard InChI is InChI=1S/C22H23N5O3S2/c1-13(18(28)27-16-11-7-5-9-14(16)23-19(29)22(27,2)3)31-21-26-25-20(32-21)24-15-10-6-8-12-17(15)30-4/h5-13H,1-4H3,(H,23,29)(H,24,25). The van der Waals surface area contributed by atoms with Crippen LogP contribution in [0.5, 0.6) is 5.75 Å². The van der Waals surface area contributed by atoms with Crippen LogP contribution >= 0.6 is 23.1 Å². The number of nitrogens with one attached hydrogen (secondary N) is 2. The van der Waals surface area contributed by atoms with Gasteiger partial charge in [0.1, 0.15) is 11.3 Å². The lowest BCUT2D eigenvalue weighted by Crippen LogP contribution is -2.60. The number of carbonyl (C=O) groups is 2. The number of amides is 2. The van der Waals surface area contributed by atoms with E-state index >= 15 is 0 Å². The van der Waals surface area contributed by atoms with Crippen molar-refractivity contribution < 1.29 is 14.3 Å². The van der Waals surface area contributed by atoms with E-state index < -0.39 is 10.8 Å². The highest BCUT2D eigenvalue weighted by Gasteiger charge is 2.44. The third kappa shape index (κ3) is 4.15. The first-order valence-electron chi connectivity index (χ1n) is 9.96. The van der Waals surface area contributed by atoms with Crippen molar-refractivity contribution in [2.45, 2.75) is 35.9 Å². The van der Waals surface area contributed by atoms with Crippen LogP contribution in [0, 0.1) is 0 Å². The number of hydrogen-bond donors (Lipinski definition) is 2. The number of rotatable bonds is 6. The van der Waals surface area contributed by atoms with Crippen LogP contribution in [0.25, 0.3) is 0 Å². The number of aromatic nitrogens is 2. The monoisotopic (exact) mass is 469 g/mol. The molecule has 2 N–H and O–H groups in total. The van der Waals surface area contributed by atoms with Crippen molar-refractivity contribution in [2.24, 2.45) is 0 Å². The molecule has 1 aliphatic heterocycles. The van der Waals surface area contributed by atoms with Gasteiger partial charge in [-0.2, -0.15) is 0 Å². The second kappa shape index (κ2) is 8.79. The summed E-state index contributed by atoms with van der Waals surface area (Å²) in [5.74, 6) is 0.308. The van der Waals surface area contributed by atoms with E-state index in [-0.39, 0.29) is 11.8 Å². The van der Waals surface area contributed by atoms with Crippen molar-refractivity contribution in [2.75, 3.05) is 22.6 Å². The van der Waals surface area contributed by atoms with Gasteiger partial charge in [0.2, 0.25) is 16.9 Å². The molecule has 0 saturated carbocycles. The highest BCUT2D eigenvalue weighted by Crippen LogP contribution is 2.39. The molecular formula is C22H23N5O3S2. The van der Waals surface area contributed by atoms with Gasteiger partial charge in [-0.3, -0.25) is 14.5 Å². The van der Waals surface area contributed by atoms with Crippen LogP contribution in [0.2, 0.25) is 0 Å². The van der Waals surface area contributed by atoms with Crippen LogP contribution in [0.3, 0.4) is 0 Å². The summed E-state index contributed by atoms with van der Waals surface area (Å²) in [4.78, 5) is 27.7. The summed E-state index contributed by atoms with van der Waals surface area (Å²) in [5.41, 5.74) is 1.08. The smallest absolute Gasteiger partial charge is 0.250 e. The predicted octanol–water partition coefficient (Wildman–Crippen LogP) is 4.53. The Labute approximate surface area is 194 Å². The minimum Gasteiger partial charge on any atom is -0.495 e. The van der Waals surface area contributed by atoms with Gasteiger partial charge in [0.05, 0.1) is 29.4 Å². The molecule has 0 radical (unpaired) electrons. The van der Waals surface area contributed by atoms with E-state index in [4.69, 9.17) is 4.74 Å². The van der Waals surface area contributed by atoms with E-state index in [1.54, 1.807) is 31.9 Å². The number of anilines is 4. The van der Waals surface area contributed by atoms with E-state index in [1.807, 2.05) is 49.4 Å². The average Bonchev–Trinajstić information content (AvgIpc) is 3.21. The molecule has 0 spiro atoms. The van der Waals surface area contributed by atoms with Crippen LogP contribution in [0.4, 0.5) is 22.2 Å². The fourth-order valence-electron chi connectivity index (χ4n) is 3.40. The van der Waals surface area contributed by atoms with Gasteiger partial charge in [-0.15, -0.1) is 10.2 Å². The quantitative estimate of drug-likeness (QED) is 0.512. The lowest BCUT2D eigenvalue weighted by molar-refractivity contribution is -0.126. The van der Waals surface area contributed by atoms with Crippen LogP contribution in [-0.2, 0) is 9.59 Å². The van der Waals surface area contributed by atoms with Gasteiger partial charge in [-0.05, 0) is 45.0 Å². The van der Waals surface area contributed by atoms with Gasteiger partial charge in [-0.1, -0.05) is 47.4 Å². The zero-order valence-electron chi connectivity index (χ0n) is 18.1. The second-order valence-corrected chi connectivity index (χ2v) is 10.2. The Kier molecular flexibility index (Phi) is 6.07. The number of benzene rings is 2. The number of carbonyl (C=O) groups excluding carboxylic acids is 2. The zero-order valence-corrected chi connectivity index (χ0v) is 19.7. The Bertz CT molecular complexity index is 1160. The zero-order chi connectivity index (χ0) is 22.9. The maximum absolute atomic E-state index is 13.5. The van der Waals surface area contributed by atoms with E-state index in [0.717, 1.165) is 5.69 Å². The summed E-state index contributed by atoms with van der Waals surface area (Å²) < 4.78 is 6.00. The molecule has 10 heteroatoms. The van der Waals surface area contributed by atoms with E-state index in [9.17, 15) is 9.59 Å². The molecular weight excluding hydrogens is 446 g/mol. The molecule has 1 aromatic heterocycles. The number of methoxy groups -OCH3 is 1. The summed E-state index contributed by atoms with van der Waals surface area (Å²) in [6, 6.07) is 14.8. The third-order valence-electron chi connectivity index (χ3n) is 5.11. The molecule has 32 heavy (non-hydrogen) atoms. The number of hydrogen-bond acceptors (Lipinski definition) is 8. The van der Waals surface area contributed by atoms with Crippen LogP contribution in [0.1, 0.15) is 20.8 Å². The Hall–Kier alpha value is -3.11. The van der Waals surface area contributed by atoms with Crippen LogP contribution in [0.15, 0.2) is 52.9 Å². The highest BCUT2D eigenvalue weighted by atomic mass is 32.2. The van der Waals surface area contributed by atoms with Crippen molar-refractivity contribution in [3.8, 4) is 5.75 Å². The fraction of sp³-hybridized carbons (Fsp3) is 0.273. The summed E-state index contributed by atoms with van der Waals surface area (Å²) in [6.07, 6.45) is 0. The van der Waals surface area contributed by atoms with Gasteiger partial charge < -0.3 is 15.4 Å². The van der Waals surface area contributed by atoms with Gasteiger partial charge in [0.15, 0.2) is 4.34 Å². The Morgan fingerprint density at radius 3 is 2.69 bits per heavy atom. The first kappa shape index (κ1) is 22.1. The molecule has 0 saturated heterocycles. The minimum atomic E-state index is -1.02. The molecule has 0 bridgehead atoms. The summed E-state index contributed by atoms with van der Waals surface area (Å²) >= 11 is 2.66. The van der Waals surface area contributed by atoms with Crippen molar-refractivity contribution >= 4 is 57.1 Å². The summed E-state index contributed by atoms with van der Waals surface area (Å²) in [7, 11) is 1.61. The number of nitrogens with zero attached hydrogens (tertiary/aromatic N) is 3. The molecule has 166 valence electrons. The van der Waals surface area contributed by atoms with Gasteiger partial charge in [0, 0.05) is 0 Å². The number of fused-ring (bicyclic) bond motifs is 1. The van der Waals surface area contributed by atoms with Gasteiger partial charge >= 0.3 is 0 Å². The SMILES string of the molecule is COc1ccccc1Nc1nnc(SC(C)C(=O)N2c3ccccc3NC(=O)C2(C)C)s1. The third-order valence-corrected chi connectivity index (χ3v) is 7.12. The van der Waals surface area contributed by atoms with E-state index in [2.05, 4.69) is 20.8 Å². The normalized spacial score (nSPS) is 15.5. The molecule has 4 rings (SSSR count). The molecule has 2 aromatic carbocycles. The van der Waals surface area contributed by atoms with Crippen molar-refractivity contribution in [1.29, 1.82) is 0 Å². The highest BCUT2D eigenvalue weighted by molar-refractivity contribution is 8.02. The predicted molar refractivity (Wildman–Crippen MR) is 128 cm³/mol. The van der Waals surface area contributed by atoms with E-state index in [1.165, 1.54) is 23.1 Å². The number of thioether (sulfide) groups is 1. The van der Waals surface area contributed by atoms with Gasteiger partial charge in [-0.25, -0.2) is 0 Å². The van der Waals surface area contributed by atoms with Crippen LogP contribution < -0.4 is 20.3 Å². The first-order valence-corrected chi connectivity index (χ1v) is 11.7. The number of para-hydroxylation sites is 4. The molecule has 0 aliphatic carbocycles. The van der Waals surface area contributed by atoms with E-state index in [0.29, 0.717) is 26.6 Å². The number of ether oxygens (including phenoxy) is 1. The molecule has 2 heterocycles. The Balaban J connectivity index is 1.52. The molecule has 2 amide bonds. The van der Waals surface area contributed by atoms with Crippen molar-refractivity contribution in [3.05, 3.63) is 48.5 Å². The average molecular weight is 470 g/mol. The molecule has 8 nitrogen and oxygen atoms in total. The molecule has 1 atom stereocenters. The summed E-state index contributed by atoms with van der Waals surface area (Å²) in [5, 5.41) is 14.6. The van der Waals surface area contributed by atoms with Crippen LogP contribution in [-0.4, -0.2) is 39.9 Å².